The molecule has 0 amide bonds. The minimum atomic E-state index is -0.720. The third-order valence-corrected chi connectivity index (χ3v) is 3.80. The fourth-order valence-corrected chi connectivity index (χ4v) is 2.98. The van der Waals surface area contributed by atoms with Crippen LogP contribution in [0.4, 0.5) is 0 Å². The molecule has 2 unspecified atom stereocenters. The van der Waals surface area contributed by atoms with Crippen LogP contribution in [0.2, 0.25) is 0 Å². The number of thioether (sulfide) groups is 1. The number of nitrogens with zero attached hydrogens (tertiary/aromatic N) is 3. The normalized spacial score (nSPS) is 33.9. The lowest BCUT2D eigenvalue weighted by molar-refractivity contribution is 0.0526. The van der Waals surface area contributed by atoms with Crippen LogP contribution < -0.4 is 0 Å². The van der Waals surface area contributed by atoms with E-state index in [9.17, 15) is 5.11 Å². The molecule has 0 aliphatic carbocycles. The monoisotopic (exact) mass is 199 g/mol. The zero-order valence-electron chi connectivity index (χ0n) is 7.77. The first-order valence-corrected chi connectivity index (χ1v) is 5.36. The van der Waals surface area contributed by atoms with Crippen LogP contribution >= 0.6 is 11.8 Å². The summed E-state index contributed by atoms with van der Waals surface area (Å²) in [4.78, 5) is 0. The van der Waals surface area contributed by atoms with Crippen LogP contribution in [0.25, 0.3) is 0 Å². The molecule has 1 aromatic heterocycles. The zero-order chi connectivity index (χ0) is 9.47. The molecule has 72 valence electrons. The van der Waals surface area contributed by atoms with Gasteiger partial charge < -0.3 is 5.11 Å². The first-order chi connectivity index (χ1) is 6.12. The maximum atomic E-state index is 10.3. The Balaban J connectivity index is 2.30. The topological polar surface area (TPSA) is 50.9 Å². The van der Waals surface area contributed by atoms with Crippen LogP contribution in [0, 0.1) is 0 Å². The maximum Gasteiger partial charge on any atom is 0.118 e. The molecular weight excluding hydrogens is 186 g/mol. The molecule has 2 rings (SSSR count). The van der Waals surface area contributed by atoms with E-state index < -0.39 is 5.60 Å². The summed E-state index contributed by atoms with van der Waals surface area (Å²) in [5, 5.41) is 18.4. The lowest BCUT2D eigenvalue weighted by Crippen LogP contribution is -2.28. The van der Waals surface area contributed by atoms with E-state index >= 15 is 0 Å². The van der Waals surface area contributed by atoms with Gasteiger partial charge in [-0.1, -0.05) is 12.1 Å². The third kappa shape index (κ3) is 1.46. The highest BCUT2D eigenvalue weighted by Gasteiger charge is 2.39. The van der Waals surface area contributed by atoms with E-state index in [2.05, 4.69) is 17.2 Å². The predicted molar refractivity (Wildman–Crippen MR) is 51.4 cm³/mol. The molecule has 0 bridgehead atoms. The van der Waals surface area contributed by atoms with Crippen molar-refractivity contribution in [3.63, 3.8) is 0 Å². The lowest BCUT2D eigenvalue weighted by Gasteiger charge is -2.20. The van der Waals surface area contributed by atoms with E-state index in [4.69, 9.17) is 0 Å². The molecule has 2 atom stereocenters. The van der Waals surface area contributed by atoms with E-state index in [0.717, 1.165) is 17.9 Å². The molecule has 1 N–H and O–H groups in total. The van der Waals surface area contributed by atoms with Gasteiger partial charge in [0.25, 0.3) is 0 Å². The van der Waals surface area contributed by atoms with Crippen molar-refractivity contribution in [3.05, 3.63) is 11.9 Å². The number of hydrogen-bond donors (Lipinski definition) is 1. The second-order valence-electron chi connectivity index (χ2n) is 3.60. The molecule has 2 heterocycles. The first kappa shape index (κ1) is 9.02. The fraction of sp³-hybridized carbons (Fsp3) is 0.750. The third-order valence-electron chi connectivity index (χ3n) is 2.42. The van der Waals surface area contributed by atoms with Crippen molar-refractivity contribution in [2.75, 3.05) is 5.75 Å². The van der Waals surface area contributed by atoms with Gasteiger partial charge in [0.1, 0.15) is 5.60 Å². The minimum Gasteiger partial charge on any atom is -0.383 e. The molecule has 0 aromatic carbocycles. The zero-order valence-corrected chi connectivity index (χ0v) is 8.58. The Morgan fingerprint density at radius 2 is 2.54 bits per heavy atom. The Morgan fingerprint density at radius 3 is 3.00 bits per heavy atom. The minimum absolute atomic E-state index is 0.514. The van der Waals surface area contributed by atoms with Gasteiger partial charge in [0.2, 0.25) is 0 Å². The van der Waals surface area contributed by atoms with Crippen molar-refractivity contribution in [1.82, 2.24) is 15.0 Å². The number of aryl methyl sites for hydroxylation is 1. The molecule has 1 aliphatic heterocycles. The quantitative estimate of drug-likeness (QED) is 0.716. The molecular formula is C8H13N3OS. The summed E-state index contributed by atoms with van der Waals surface area (Å²) in [5.41, 5.74) is 0.104. The van der Waals surface area contributed by atoms with Gasteiger partial charge >= 0.3 is 0 Å². The molecule has 1 aliphatic rings. The predicted octanol–water partition coefficient (Wildman–Crippen LogP) is 0.528. The van der Waals surface area contributed by atoms with Crippen molar-refractivity contribution in [2.24, 2.45) is 7.05 Å². The largest absolute Gasteiger partial charge is 0.383 e. The van der Waals surface area contributed by atoms with Crippen molar-refractivity contribution in [3.8, 4) is 0 Å². The first-order valence-electron chi connectivity index (χ1n) is 4.31. The van der Waals surface area contributed by atoms with Crippen LogP contribution in [0.1, 0.15) is 19.0 Å². The van der Waals surface area contributed by atoms with Gasteiger partial charge in [0.15, 0.2) is 0 Å². The number of rotatable bonds is 1. The van der Waals surface area contributed by atoms with Gasteiger partial charge in [0.05, 0.1) is 11.9 Å². The second-order valence-corrected chi connectivity index (χ2v) is 5.03. The average Bonchev–Trinajstić information content (AvgIpc) is 2.59. The van der Waals surface area contributed by atoms with Crippen LogP contribution in [0.3, 0.4) is 0 Å². The lowest BCUT2D eigenvalue weighted by atomic mass is 9.97. The summed E-state index contributed by atoms with van der Waals surface area (Å²) in [6.45, 7) is 2.13. The molecule has 13 heavy (non-hydrogen) atoms. The summed E-state index contributed by atoms with van der Waals surface area (Å²) in [6, 6.07) is 0. The Morgan fingerprint density at radius 1 is 1.77 bits per heavy atom. The van der Waals surface area contributed by atoms with Crippen LogP contribution in [-0.4, -0.2) is 31.1 Å². The smallest absolute Gasteiger partial charge is 0.118 e. The van der Waals surface area contributed by atoms with Crippen molar-refractivity contribution >= 4 is 11.8 Å². The molecule has 0 saturated carbocycles. The van der Waals surface area contributed by atoms with Gasteiger partial charge in [-0.05, 0) is 6.42 Å². The molecule has 1 saturated heterocycles. The molecule has 1 fully saturated rings. The van der Waals surface area contributed by atoms with Gasteiger partial charge in [-0.3, -0.25) is 0 Å². The Kier molecular flexibility index (Phi) is 2.08. The van der Waals surface area contributed by atoms with Crippen molar-refractivity contribution in [2.45, 2.75) is 24.2 Å². The van der Waals surface area contributed by atoms with Gasteiger partial charge in [-0.15, -0.1) is 5.10 Å². The van der Waals surface area contributed by atoms with E-state index in [1.807, 2.05) is 7.05 Å². The van der Waals surface area contributed by atoms with E-state index in [1.54, 1.807) is 22.6 Å². The summed E-state index contributed by atoms with van der Waals surface area (Å²) in [7, 11) is 1.81. The summed E-state index contributed by atoms with van der Waals surface area (Å²) < 4.78 is 1.65. The maximum absolute atomic E-state index is 10.3. The average molecular weight is 199 g/mol. The van der Waals surface area contributed by atoms with Crippen LogP contribution in [0.5, 0.6) is 0 Å². The summed E-state index contributed by atoms with van der Waals surface area (Å²) >= 11 is 1.79. The van der Waals surface area contributed by atoms with Gasteiger partial charge in [0, 0.05) is 18.1 Å². The molecule has 1 aromatic rings. The fourth-order valence-electron chi connectivity index (χ4n) is 1.76. The molecule has 5 heteroatoms. The Labute approximate surface area is 81.3 Å². The van der Waals surface area contributed by atoms with Crippen molar-refractivity contribution in [1.29, 1.82) is 0 Å². The summed E-state index contributed by atoms with van der Waals surface area (Å²) in [5.74, 6) is 0.745. The van der Waals surface area contributed by atoms with Gasteiger partial charge in [-0.25, -0.2) is 4.68 Å². The highest BCUT2D eigenvalue weighted by molar-refractivity contribution is 8.00. The summed E-state index contributed by atoms with van der Waals surface area (Å²) in [6.07, 6.45) is 2.44. The molecule has 4 nitrogen and oxygen atoms in total. The van der Waals surface area contributed by atoms with Crippen LogP contribution in [-0.2, 0) is 12.6 Å². The van der Waals surface area contributed by atoms with Crippen molar-refractivity contribution < 1.29 is 5.11 Å². The van der Waals surface area contributed by atoms with Gasteiger partial charge in [-0.2, -0.15) is 11.8 Å². The Bertz CT molecular complexity index is 314. The van der Waals surface area contributed by atoms with Crippen LogP contribution in [0.15, 0.2) is 6.20 Å². The SMILES string of the molecule is CC1CC(O)(c2cnnn2C)CS1. The second kappa shape index (κ2) is 2.99. The molecule has 0 radical (unpaired) electrons. The number of aliphatic hydroxyl groups is 1. The highest BCUT2D eigenvalue weighted by Crippen LogP contribution is 2.40. The Hall–Kier alpha value is -0.550. The number of hydrogen-bond acceptors (Lipinski definition) is 4. The number of aromatic nitrogens is 3. The van der Waals surface area contributed by atoms with E-state index in [1.165, 1.54) is 0 Å². The van der Waals surface area contributed by atoms with E-state index in [0.29, 0.717) is 5.25 Å². The van der Waals surface area contributed by atoms with E-state index in [-0.39, 0.29) is 0 Å². The standard InChI is InChI=1S/C8H13N3OS/c1-6-3-8(12,5-13-6)7-4-9-10-11(7)2/h4,6,12H,3,5H2,1-2H3. The molecule has 0 spiro atoms. The highest BCUT2D eigenvalue weighted by atomic mass is 32.2.